The molecule has 2 aromatic carbocycles. The van der Waals surface area contributed by atoms with Crippen LogP contribution in [0.1, 0.15) is 26.3 Å². The number of aromatic hydroxyl groups is 5. The van der Waals surface area contributed by atoms with Gasteiger partial charge in [-0.1, -0.05) is 0 Å². The molecule has 0 heterocycles. The van der Waals surface area contributed by atoms with Gasteiger partial charge in [-0.25, -0.2) is 0 Å². The summed E-state index contributed by atoms with van der Waals surface area (Å²) in [6.45, 7) is 2.94. The van der Waals surface area contributed by atoms with Crippen molar-refractivity contribution in [3.63, 3.8) is 0 Å². The van der Waals surface area contributed by atoms with E-state index >= 15 is 0 Å². The quantitative estimate of drug-likeness (QED) is 0.228. The van der Waals surface area contributed by atoms with E-state index in [0.29, 0.717) is 25.2 Å². The van der Waals surface area contributed by atoms with Crippen LogP contribution in [0.3, 0.4) is 0 Å². The summed E-state index contributed by atoms with van der Waals surface area (Å²) in [4.78, 5) is 24.0. The maximum absolute atomic E-state index is 12.0. The number of nitrogens with one attached hydrogen (secondary N) is 3. The predicted octanol–water partition coefficient (Wildman–Crippen LogP) is 0.272. The Labute approximate surface area is 166 Å². The Kier molecular flexibility index (Phi) is 7.10. The first-order valence-corrected chi connectivity index (χ1v) is 8.75. The number of hydrogen-bond acceptors (Lipinski definition) is 8. The first-order chi connectivity index (χ1) is 13.7. The second-order valence-corrected chi connectivity index (χ2v) is 6.29. The fourth-order valence-electron chi connectivity index (χ4n) is 2.49. The third kappa shape index (κ3) is 5.66. The van der Waals surface area contributed by atoms with Gasteiger partial charge in [0.1, 0.15) is 0 Å². The number of carbonyl (C=O) groups is 2. The van der Waals surface area contributed by atoms with Crippen LogP contribution in [0.25, 0.3) is 0 Å². The summed E-state index contributed by atoms with van der Waals surface area (Å²) >= 11 is 0. The summed E-state index contributed by atoms with van der Waals surface area (Å²) in [6, 6.07) is 4.72. The van der Waals surface area contributed by atoms with Crippen molar-refractivity contribution in [1.82, 2.24) is 16.0 Å². The molecular weight excluding hydrogens is 382 g/mol. The first-order valence-electron chi connectivity index (χ1n) is 8.75. The molecule has 0 saturated heterocycles. The Morgan fingerprint density at radius 3 is 1.55 bits per heavy atom. The molecule has 10 heteroatoms. The van der Waals surface area contributed by atoms with E-state index in [1.165, 1.54) is 12.1 Å². The highest BCUT2D eigenvalue weighted by molar-refractivity contribution is 5.96. The minimum absolute atomic E-state index is 0.00231. The molecule has 0 unspecified atom stereocenters. The third-order valence-electron chi connectivity index (χ3n) is 4.05. The lowest BCUT2D eigenvalue weighted by molar-refractivity contribution is 0.0948. The molecule has 10 nitrogen and oxygen atoms in total. The Bertz CT molecular complexity index is 795. The fourth-order valence-corrected chi connectivity index (χ4v) is 2.49. The third-order valence-corrected chi connectivity index (χ3v) is 4.05. The van der Waals surface area contributed by atoms with Gasteiger partial charge in [0.2, 0.25) is 0 Å². The monoisotopic (exact) mass is 405 g/mol. The number of phenols is 5. The van der Waals surface area contributed by atoms with Crippen LogP contribution >= 0.6 is 0 Å². The van der Waals surface area contributed by atoms with Gasteiger partial charge >= 0.3 is 0 Å². The van der Waals surface area contributed by atoms with Crippen LogP contribution in [0.15, 0.2) is 24.3 Å². The summed E-state index contributed by atoms with van der Waals surface area (Å²) in [5.41, 5.74) is 0.613. The lowest BCUT2D eigenvalue weighted by Crippen LogP contribution is -2.36. The van der Waals surface area contributed by atoms with Gasteiger partial charge in [0.05, 0.1) is 0 Å². The summed E-state index contributed by atoms with van der Waals surface area (Å²) < 4.78 is 0. The molecule has 0 aromatic heterocycles. The Hall–Kier alpha value is -3.66. The zero-order valence-corrected chi connectivity index (χ0v) is 15.7. The van der Waals surface area contributed by atoms with E-state index in [9.17, 15) is 35.1 Å². The standard InChI is InChI=1S/C19H23N3O7/c1-10-6-11(7-13(23)16(10)26)18(28)21-4-2-20-3-5-22-19(29)12-8-14(24)17(27)15(25)9-12/h6-9,20,23-27H,2-5H2,1H3,(H,21,28)(H,22,29). The number of aryl methyl sites for hydroxylation is 1. The summed E-state index contributed by atoms with van der Waals surface area (Å²) in [6.07, 6.45) is 0. The van der Waals surface area contributed by atoms with Gasteiger partial charge in [-0.2, -0.15) is 0 Å². The molecular formula is C19H23N3O7. The van der Waals surface area contributed by atoms with Gasteiger partial charge in [0.25, 0.3) is 11.8 Å². The molecule has 8 N–H and O–H groups in total. The van der Waals surface area contributed by atoms with Gasteiger partial charge in [-0.3, -0.25) is 9.59 Å². The molecule has 0 aliphatic carbocycles. The number of rotatable bonds is 8. The highest BCUT2D eigenvalue weighted by Crippen LogP contribution is 2.35. The molecule has 2 amide bonds. The molecule has 0 bridgehead atoms. The van der Waals surface area contributed by atoms with Gasteiger partial charge < -0.3 is 41.5 Å². The molecule has 156 valence electrons. The van der Waals surface area contributed by atoms with Crippen LogP contribution in [-0.2, 0) is 0 Å². The molecule has 0 saturated carbocycles. The van der Waals surface area contributed by atoms with Crippen molar-refractivity contribution in [2.45, 2.75) is 6.92 Å². The maximum atomic E-state index is 12.0. The minimum Gasteiger partial charge on any atom is -0.504 e. The van der Waals surface area contributed by atoms with Crippen LogP contribution in [0.2, 0.25) is 0 Å². The van der Waals surface area contributed by atoms with Crippen molar-refractivity contribution >= 4 is 11.8 Å². The molecule has 2 aromatic rings. The van der Waals surface area contributed by atoms with E-state index in [-0.39, 0.29) is 29.2 Å². The van der Waals surface area contributed by atoms with Crippen molar-refractivity contribution in [1.29, 1.82) is 0 Å². The van der Waals surface area contributed by atoms with Crippen LogP contribution in [-0.4, -0.2) is 63.5 Å². The van der Waals surface area contributed by atoms with Crippen LogP contribution in [0.5, 0.6) is 28.7 Å². The first kappa shape index (κ1) is 21.6. The number of benzene rings is 2. The molecule has 0 aliphatic rings. The van der Waals surface area contributed by atoms with Gasteiger partial charge in [0, 0.05) is 37.3 Å². The van der Waals surface area contributed by atoms with E-state index in [1.807, 2.05) is 0 Å². The van der Waals surface area contributed by atoms with Crippen molar-refractivity contribution in [2.75, 3.05) is 26.2 Å². The smallest absolute Gasteiger partial charge is 0.251 e. The van der Waals surface area contributed by atoms with Crippen molar-refractivity contribution in [3.8, 4) is 28.7 Å². The lowest BCUT2D eigenvalue weighted by atomic mass is 10.1. The number of hydrogen-bond donors (Lipinski definition) is 8. The van der Waals surface area contributed by atoms with E-state index in [0.717, 1.165) is 12.1 Å². The Morgan fingerprint density at radius 1 is 0.690 bits per heavy atom. The Balaban J connectivity index is 1.67. The number of phenolic OH excluding ortho intramolecular Hbond substituents is 5. The van der Waals surface area contributed by atoms with Crippen molar-refractivity contribution in [3.05, 3.63) is 41.0 Å². The Morgan fingerprint density at radius 2 is 1.10 bits per heavy atom. The van der Waals surface area contributed by atoms with Crippen LogP contribution in [0.4, 0.5) is 0 Å². The second kappa shape index (κ2) is 9.51. The summed E-state index contributed by atoms with van der Waals surface area (Å²) in [5.74, 6) is -3.44. The zero-order chi connectivity index (χ0) is 21.6. The van der Waals surface area contributed by atoms with Gasteiger partial charge in [-0.15, -0.1) is 0 Å². The molecule has 0 aliphatic heterocycles. The van der Waals surface area contributed by atoms with E-state index in [1.54, 1.807) is 6.92 Å². The average Bonchev–Trinajstić information content (AvgIpc) is 2.68. The van der Waals surface area contributed by atoms with Crippen molar-refractivity contribution < 1.29 is 35.1 Å². The normalized spacial score (nSPS) is 10.5. The number of amides is 2. The zero-order valence-electron chi connectivity index (χ0n) is 15.7. The highest BCUT2D eigenvalue weighted by atomic mass is 16.3. The lowest BCUT2D eigenvalue weighted by Gasteiger charge is -2.10. The van der Waals surface area contributed by atoms with Crippen molar-refractivity contribution in [2.24, 2.45) is 0 Å². The predicted molar refractivity (Wildman–Crippen MR) is 103 cm³/mol. The van der Waals surface area contributed by atoms with Crippen LogP contribution in [0, 0.1) is 6.92 Å². The molecule has 0 atom stereocenters. The molecule has 0 spiro atoms. The maximum Gasteiger partial charge on any atom is 0.251 e. The summed E-state index contributed by atoms with van der Waals surface area (Å²) in [5, 5.41) is 55.4. The fraction of sp³-hybridized carbons (Fsp3) is 0.263. The second-order valence-electron chi connectivity index (χ2n) is 6.29. The van der Waals surface area contributed by atoms with E-state index in [2.05, 4.69) is 16.0 Å². The average molecular weight is 405 g/mol. The molecule has 2 rings (SSSR count). The summed E-state index contributed by atoms with van der Waals surface area (Å²) in [7, 11) is 0. The molecule has 0 fully saturated rings. The van der Waals surface area contributed by atoms with E-state index < -0.39 is 29.1 Å². The van der Waals surface area contributed by atoms with Gasteiger partial charge in [0.15, 0.2) is 28.7 Å². The number of carbonyl (C=O) groups excluding carboxylic acids is 2. The molecule has 0 radical (unpaired) electrons. The largest absolute Gasteiger partial charge is 0.504 e. The topological polar surface area (TPSA) is 171 Å². The SMILES string of the molecule is Cc1cc(C(=O)NCCNCCNC(=O)c2cc(O)c(O)c(O)c2)cc(O)c1O. The van der Waals surface area contributed by atoms with Crippen LogP contribution < -0.4 is 16.0 Å². The molecule has 29 heavy (non-hydrogen) atoms. The minimum atomic E-state index is -0.692. The van der Waals surface area contributed by atoms with E-state index in [4.69, 9.17) is 0 Å². The van der Waals surface area contributed by atoms with Gasteiger partial charge in [-0.05, 0) is 36.8 Å². The highest BCUT2D eigenvalue weighted by Gasteiger charge is 2.13.